The first-order chi connectivity index (χ1) is 9.56. The standard InChI is InChI=1S/C15H18N2O3S/c1-11(15(2,3)4)9-14(18)17-21(19,20)13-7-5-12(10-16)6-8-13/h5-9H,1-4H3,(H,17,18). The highest BCUT2D eigenvalue weighted by atomic mass is 32.2. The highest BCUT2D eigenvalue weighted by molar-refractivity contribution is 7.90. The van der Waals surface area contributed by atoms with Crippen LogP contribution in [0, 0.1) is 16.7 Å². The van der Waals surface area contributed by atoms with Crippen molar-refractivity contribution in [2.24, 2.45) is 5.41 Å². The molecular weight excluding hydrogens is 288 g/mol. The summed E-state index contributed by atoms with van der Waals surface area (Å²) in [6, 6.07) is 7.24. The van der Waals surface area contributed by atoms with Crippen LogP contribution >= 0.6 is 0 Å². The largest absolute Gasteiger partial charge is 0.269 e. The minimum absolute atomic E-state index is 0.0586. The van der Waals surface area contributed by atoms with Crippen molar-refractivity contribution in [3.8, 4) is 6.07 Å². The third-order valence-corrected chi connectivity index (χ3v) is 4.42. The number of carbonyl (C=O) groups is 1. The molecule has 0 fully saturated rings. The normalized spacial score (nSPS) is 12.6. The van der Waals surface area contributed by atoms with Gasteiger partial charge in [-0.2, -0.15) is 5.26 Å². The summed E-state index contributed by atoms with van der Waals surface area (Å²) in [6.07, 6.45) is 1.28. The molecule has 1 aromatic carbocycles. The molecule has 0 bridgehead atoms. The first-order valence-corrected chi connectivity index (χ1v) is 7.80. The van der Waals surface area contributed by atoms with Gasteiger partial charge >= 0.3 is 0 Å². The van der Waals surface area contributed by atoms with Gasteiger partial charge in [-0.15, -0.1) is 0 Å². The fourth-order valence-electron chi connectivity index (χ4n) is 1.34. The Bertz CT molecular complexity index is 703. The Kier molecular flexibility index (Phi) is 4.92. The molecule has 0 spiro atoms. The molecule has 1 rings (SSSR count). The van der Waals surface area contributed by atoms with Crippen molar-refractivity contribution in [1.82, 2.24) is 4.72 Å². The molecule has 0 radical (unpaired) electrons. The molecule has 0 atom stereocenters. The second-order valence-corrected chi connectivity index (χ2v) is 7.37. The number of nitriles is 1. The number of benzene rings is 1. The molecule has 0 heterocycles. The molecule has 0 saturated heterocycles. The van der Waals surface area contributed by atoms with E-state index in [4.69, 9.17) is 5.26 Å². The van der Waals surface area contributed by atoms with Gasteiger partial charge in [-0.25, -0.2) is 13.1 Å². The molecule has 0 aliphatic rings. The molecule has 5 nitrogen and oxygen atoms in total. The SMILES string of the molecule is CC(=CC(=O)NS(=O)(=O)c1ccc(C#N)cc1)C(C)(C)C. The number of hydrogen-bond donors (Lipinski definition) is 1. The van der Waals surface area contributed by atoms with Crippen molar-refractivity contribution in [1.29, 1.82) is 5.26 Å². The van der Waals surface area contributed by atoms with Crippen LogP contribution in [0.3, 0.4) is 0 Å². The zero-order valence-electron chi connectivity index (χ0n) is 12.5. The van der Waals surface area contributed by atoms with E-state index >= 15 is 0 Å². The number of allylic oxidation sites excluding steroid dienone is 1. The summed E-state index contributed by atoms with van der Waals surface area (Å²) >= 11 is 0. The Morgan fingerprint density at radius 2 is 1.76 bits per heavy atom. The zero-order chi connectivity index (χ0) is 16.3. The predicted molar refractivity (Wildman–Crippen MR) is 79.7 cm³/mol. The van der Waals surface area contributed by atoms with Crippen molar-refractivity contribution < 1.29 is 13.2 Å². The van der Waals surface area contributed by atoms with Crippen LogP contribution in [0.1, 0.15) is 33.3 Å². The van der Waals surface area contributed by atoms with Gasteiger partial charge in [-0.05, 0) is 36.6 Å². The minimum atomic E-state index is -3.93. The van der Waals surface area contributed by atoms with Gasteiger partial charge in [0.1, 0.15) is 0 Å². The van der Waals surface area contributed by atoms with E-state index in [0.717, 1.165) is 5.57 Å². The molecule has 6 heteroatoms. The first-order valence-electron chi connectivity index (χ1n) is 6.32. The van der Waals surface area contributed by atoms with E-state index in [1.165, 1.54) is 30.3 Å². The van der Waals surface area contributed by atoms with Gasteiger partial charge in [-0.3, -0.25) is 4.79 Å². The second kappa shape index (κ2) is 6.10. The molecule has 1 N–H and O–H groups in total. The van der Waals surface area contributed by atoms with E-state index in [9.17, 15) is 13.2 Å². The average molecular weight is 306 g/mol. The summed E-state index contributed by atoms with van der Waals surface area (Å²) in [4.78, 5) is 11.7. The maximum atomic E-state index is 12.0. The third kappa shape index (κ3) is 4.72. The molecule has 0 aliphatic carbocycles. The van der Waals surface area contributed by atoms with Gasteiger partial charge in [0.25, 0.3) is 15.9 Å². The Balaban J connectivity index is 2.95. The van der Waals surface area contributed by atoms with Crippen molar-refractivity contribution in [3.05, 3.63) is 41.5 Å². The summed E-state index contributed by atoms with van der Waals surface area (Å²) in [5, 5.41) is 8.68. The third-order valence-electron chi connectivity index (χ3n) is 3.06. The van der Waals surface area contributed by atoms with Crippen LogP contribution in [0.4, 0.5) is 0 Å². The van der Waals surface area contributed by atoms with Crippen LogP contribution in [-0.2, 0) is 14.8 Å². The fraction of sp³-hybridized carbons (Fsp3) is 0.333. The predicted octanol–water partition coefficient (Wildman–Crippen LogP) is 2.36. The lowest BCUT2D eigenvalue weighted by Gasteiger charge is -2.19. The highest BCUT2D eigenvalue weighted by Crippen LogP contribution is 2.24. The van der Waals surface area contributed by atoms with Crippen molar-refractivity contribution in [3.63, 3.8) is 0 Å². The fourth-order valence-corrected chi connectivity index (χ4v) is 2.28. The molecule has 21 heavy (non-hydrogen) atoms. The van der Waals surface area contributed by atoms with Crippen LogP contribution in [-0.4, -0.2) is 14.3 Å². The van der Waals surface area contributed by atoms with Gasteiger partial charge in [0.2, 0.25) is 0 Å². The van der Waals surface area contributed by atoms with E-state index < -0.39 is 15.9 Å². The smallest absolute Gasteiger partial charge is 0.264 e. The van der Waals surface area contributed by atoms with Crippen molar-refractivity contribution in [2.45, 2.75) is 32.6 Å². The van der Waals surface area contributed by atoms with Crippen LogP contribution in [0.15, 0.2) is 40.8 Å². The maximum Gasteiger partial charge on any atom is 0.264 e. The van der Waals surface area contributed by atoms with E-state index in [2.05, 4.69) is 0 Å². The quantitative estimate of drug-likeness (QED) is 0.868. The maximum absolute atomic E-state index is 12.0. The zero-order valence-corrected chi connectivity index (χ0v) is 13.3. The average Bonchev–Trinajstić information content (AvgIpc) is 2.36. The van der Waals surface area contributed by atoms with E-state index in [1.54, 1.807) is 6.92 Å². The lowest BCUT2D eigenvalue weighted by molar-refractivity contribution is -0.114. The molecule has 0 saturated carbocycles. The highest BCUT2D eigenvalue weighted by Gasteiger charge is 2.18. The van der Waals surface area contributed by atoms with Crippen LogP contribution in [0.2, 0.25) is 0 Å². The van der Waals surface area contributed by atoms with Crippen molar-refractivity contribution >= 4 is 15.9 Å². The summed E-state index contributed by atoms with van der Waals surface area (Å²) in [5.41, 5.74) is 0.911. The van der Waals surface area contributed by atoms with E-state index in [1.807, 2.05) is 31.6 Å². The van der Waals surface area contributed by atoms with Gasteiger partial charge in [-0.1, -0.05) is 26.3 Å². The molecule has 1 aromatic rings. The Morgan fingerprint density at radius 1 is 1.24 bits per heavy atom. The van der Waals surface area contributed by atoms with Gasteiger partial charge in [0.05, 0.1) is 16.5 Å². The summed E-state index contributed by atoms with van der Waals surface area (Å²) in [6.45, 7) is 7.57. The molecule has 1 amide bonds. The van der Waals surface area contributed by atoms with Crippen molar-refractivity contribution in [2.75, 3.05) is 0 Å². The number of nitrogens with zero attached hydrogens (tertiary/aromatic N) is 1. The number of nitrogens with one attached hydrogen (secondary N) is 1. The first kappa shape index (κ1) is 16.9. The topological polar surface area (TPSA) is 87.0 Å². The van der Waals surface area contributed by atoms with Crippen LogP contribution < -0.4 is 4.72 Å². The lowest BCUT2D eigenvalue weighted by atomic mass is 9.87. The van der Waals surface area contributed by atoms with Crippen LogP contribution in [0.5, 0.6) is 0 Å². The van der Waals surface area contributed by atoms with E-state index in [0.29, 0.717) is 5.56 Å². The summed E-state index contributed by atoms with van der Waals surface area (Å²) in [7, 11) is -3.93. The number of amides is 1. The number of sulfonamides is 1. The number of rotatable bonds is 3. The van der Waals surface area contributed by atoms with E-state index in [-0.39, 0.29) is 10.3 Å². The molecule has 0 aromatic heterocycles. The molecular formula is C15H18N2O3S. The van der Waals surface area contributed by atoms with Gasteiger partial charge in [0.15, 0.2) is 0 Å². The van der Waals surface area contributed by atoms with Gasteiger partial charge in [0, 0.05) is 6.08 Å². The second-order valence-electron chi connectivity index (χ2n) is 5.68. The monoisotopic (exact) mass is 306 g/mol. The Labute approximate surface area is 125 Å². The molecule has 112 valence electrons. The molecule has 0 aliphatic heterocycles. The summed E-state index contributed by atoms with van der Waals surface area (Å²) < 4.78 is 26.0. The van der Waals surface area contributed by atoms with Gasteiger partial charge < -0.3 is 0 Å². The number of hydrogen-bond acceptors (Lipinski definition) is 4. The van der Waals surface area contributed by atoms with Crippen LogP contribution in [0.25, 0.3) is 0 Å². The molecule has 0 unspecified atom stereocenters. The Morgan fingerprint density at radius 3 is 2.19 bits per heavy atom. The minimum Gasteiger partial charge on any atom is -0.269 e. The summed E-state index contributed by atoms with van der Waals surface area (Å²) in [5.74, 6) is -0.688. The Hall–Kier alpha value is -2.13. The lowest BCUT2D eigenvalue weighted by Crippen LogP contribution is -2.29. The number of carbonyl (C=O) groups excluding carboxylic acids is 1.